The van der Waals surface area contributed by atoms with Crippen LogP contribution in [0.1, 0.15) is 18.2 Å². The van der Waals surface area contributed by atoms with E-state index in [4.69, 9.17) is 14.2 Å². The van der Waals surface area contributed by atoms with Crippen LogP contribution in [0, 0.1) is 5.92 Å². The highest BCUT2D eigenvalue weighted by molar-refractivity contribution is 7.09. The van der Waals surface area contributed by atoms with Gasteiger partial charge in [0.1, 0.15) is 18.1 Å². The number of ether oxygens (including phenoxy) is 3. The van der Waals surface area contributed by atoms with E-state index in [0.29, 0.717) is 12.5 Å². The Balaban J connectivity index is 1.58. The highest BCUT2D eigenvalue weighted by Crippen LogP contribution is 2.26. The molecule has 2 aromatic rings. The second-order valence-corrected chi connectivity index (χ2v) is 6.10. The van der Waals surface area contributed by atoms with Gasteiger partial charge in [-0.25, -0.2) is 0 Å². The predicted molar refractivity (Wildman–Crippen MR) is 79.2 cm³/mol. The molecule has 1 saturated heterocycles. The Bertz CT molecular complexity index is 538. The summed E-state index contributed by atoms with van der Waals surface area (Å²) in [4.78, 5) is 1.21. The van der Waals surface area contributed by atoms with Crippen LogP contribution in [0.4, 0.5) is 0 Å². The zero-order valence-corrected chi connectivity index (χ0v) is 12.3. The van der Waals surface area contributed by atoms with Gasteiger partial charge in [-0.3, -0.25) is 0 Å². The maximum absolute atomic E-state index is 5.82. The predicted octanol–water partition coefficient (Wildman–Crippen LogP) is 4.09. The van der Waals surface area contributed by atoms with Crippen LogP contribution in [0.25, 0.3) is 0 Å². The van der Waals surface area contributed by atoms with Crippen molar-refractivity contribution in [3.63, 3.8) is 0 Å². The average molecular weight is 290 g/mol. The zero-order valence-electron chi connectivity index (χ0n) is 11.5. The van der Waals surface area contributed by atoms with Crippen LogP contribution in [0.5, 0.6) is 11.5 Å². The fourth-order valence-corrected chi connectivity index (χ4v) is 2.77. The van der Waals surface area contributed by atoms with Gasteiger partial charge in [-0.1, -0.05) is 19.1 Å². The van der Waals surface area contributed by atoms with Crippen molar-refractivity contribution in [3.05, 3.63) is 46.7 Å². The third kappa shape index (κ3) is 3.52. The van der Waals surface area contributed by atoms with E-state index in [1.165, 1.54) is 4.88 Å². The average Bonchev–Trinajstić information content (AvgIpc) is 3.09. The van der Waals surface area contributed by atoms with Crippen LogP contribution < -0.4 is 9.47 Å². The fraction of sp³-hybridized carbons (Fsp3) is 0.375. The Labute approximate surface area is 123 Å². The zero-order chi connectivity index (χ0) is 13.8. The summed E-state index contributed by atoms with van der Waals surface area (Å²) in [5, 5.41) is 2.05. The third-order valence-corrected chi connectivity index (χ3v) is 4.05. The summed E-state index contributed by atoms with van der Waals surface area (Å²) in [5.74, 6) is 2.19. The van der Waals surface area contributed by atoms with Gasteiger partial charge in [0, 0.05) is 17.4 Å². The molecule has 2 atom stereocenters. The van der Waals surface area contributed by atoms with Crippen LogP contribution >= 0.6 is 11.3 Å². The van der Waals surface area contributed by atoms with E-state index >= 15 is 0 Å². The summed E-state index contributed by atoms with van der Waals surface area (Å²) >= 11 is 1.70. The van der Waals surface area contributed by atoms with Gasteiger partial charge in [0.2, 0.25) is 0 Å². The molecule has 1 unspecified atom stereocenters. The van der Waals surface area contributed by atoms with Crippen molar-refractivity contribution in [2.75, 3.05) is 6.61 Å². The van der Waals surface area contributed by atoms with Crippen molar-refractivity contribution in [2.45, 2.75) is 26.2 Å². The first-order valence-electron chi connectivity index (χ1n) is 6.83. The summed E-state index contributed by atoms with van der Waals surface area (Å²) < 4.78 is 17.2. The van der Waals surface area contributed by atoms with Gasteiger partial charge in [0.05, 0.1) is 6.61 Å². The molecule has 0 N–H and O–H groups in total. The highest BCUT2D eigenvalue weighted by Gasteiger charge is 2.23. The molecule has 0 amide bonds. The molecular weight excluding hydrogens is 272 g/mol. The minimum atomic E-state index is -0.127. The Morgan fingerprint density at radius 3 is 2.90 bits per heavy atom. The highest BCUT2D eigenvalue weighted by atomic mass is 32.1. The van der Waals surface area contributed by atoms with Gasteiger partial charge in [-0.05, 0) is 29.5 Å². The smallest absolute Gasteiger partial charge is 0.200 e. The molecule has 1 aromatic carbocycles. The maximum Gasteiger partial charge on any atom is 0.200 e. The molecule has 1 aliphatic rings. The molecule has 1 aliphatic heterocycles. The quantitative estimate of drug-likeness (QED) is 0.830. The minimum Gasteiger partial charge on any atom is -0.488 e. The van der Waals surface area contributed by atoms with Gasteiger partial charge in [-0.15, -0.1) is 11.3 Å². The summed E-state index contributed by atoms with van der Waals surface area (Å²) in [6.07, 6.45) is 0.817. The topological polar surface area (TPSA) is 27.7 Å². The molecule has 1 fully saturated rings. The van der Waals surface area contributed by atoms with E-state index in [9.17, 15) is 0 Å². The SMILES string of the molecule is C[C@H]1COC(Oc2cccc(OCc3cccs3)c2)C1. The van der Waals surface area contributed by atoms with Crippen LogP contribution in [0.15, 0.2) is 41.8 Å². The molecule has 0 aliphatic carbocycles. The Morgan fingerprint density at radius 2 is 2.15 bits per heavy atom. The Kier molecular flexibility index (Phi) is 4.23. The molecule has 4 heteroatoms. The maximum atomic E-state index is 5.82. The number of benzene rings is 1. The van der Waals surface area contributed by atoms with Crippen molar-refractivity contribution in [2.24, 2.45) is 5.92 Å². The summed E-state index contributed by atoms with van der Waals surface area (Å²) in [7, 11) is 0. The van der Waals surface area contributed by atoms with Gasteiger partial charge in [0.25, 0.3) is 0 Å². The van der Waals surface area contributed by atoms with Gasteiger partial charge < -0.3 is 14.2 Å². The lowest BCUT2D eigenvalue weighted by molar-refractivity contribution is -0.0394. The lowest BCUT2D eigenvalue weighted by atomic mass is 10.1. The molecule has 1 aromatic heterocycles. The number of thiophene rings is 1. The van der Waals surface area contributed by atoms with E-state index in [-0.39, 0.29) is 6.29 Å². The van der Waals surface area contributed by atoms with E-state index in [0.717, 1.165) is 24.5 Å². The van der Waals surface area contributed by atoms with Crippen molar-refractivity contribution < 1.29 is 14.2 Å². The van der Waals surface area contributed by atoms with E-state index in [2.05, 4.69) is 18.4 Å². The lowest BCUT2D eigenvalue weighted by Crippen LogP contribution is -2.14. The van der Waals surface area contributed by atoms with E-state index in [1.807, 2.05) is 30.3 Å². The summed E-state index contributed by atoms with van der Waals surface area (Å²) in [6.45, 7) is 3.54. The number of hydrogen-bond acceptors (Lipinski definition) is 4. The van der Waals surface area contributed by atoms with Gasteiger partial charge >= 0.3 is 0 Å². The molecule has 2 heterocycles. The Morgan fingerprint density at radius 1 is 1.25 bits per heavy atom. The molecule has 0 spiro atoms. The second-order valence-electron chi connectivity index (χ2n) is 5.06. The third-order valence-electron chi connectivity index (χ3n) is 3.20. The van der Waals surface area contributed by atoms with E-state index < -0.39 is 0 Å². The second kappa shape index (κ2) is 6.29. The lowest BCUT2D eigenvalue weighted by Gasteiger charge is -2.13. The number of rotatable bonds is 5. The first kappa shape index (κ1) is 13.5. The van der Waals surface area contributed by atoms with Gasteiger partial charge in [-0.2, -0.15) is 0 Å². The molecule has 3 rings (SSSR count). The van der Waals surface area contributed by atoms with Crippen LogP contribution in [-0.2, 0) is 11.3 Å². The summed E-state index contributed by atoms with van der Waals surface area (Å²) in [5.41, 5.74) is 0. The first-order valence-corrected chi connectivity index (χ1v) is 7.71. The molecule has 0 radical (unpaired) electrons. The molecule has 106 valence electrons. The van der Waals surface area contributed by atoms with Gasteiger partial charge in [0.15, 0.2) is 6.29 Å². The minimum absolute atomic E-state index is 0.127. The van der Waals surface area contributed by atoms with Crippen molar-refractivity contribution in [1.29, 1.82) is 0 Å². The molecule has 20 heavy (non-hydrogen) atoms. The monoisotopic (exact) mass is 290 g/mol. The fourth-order valence-electron chi connectivity index (χ4n) is 2.16. The molecular formula is C16H18O3S. The van der Waals surface area contributed by atoms with Crippen LogP contribution in [0.3, 0.4) is 0 Å². The van der Waals surface area contributed by atoms with Crippen molar-refractivity contribution in [1.82, 2.24) is 0 Å². The molecule has 0 bridgehead atoms. The largest absolute Gasteiger partial charge is 0.488 e. The van der Waals surface area contributed by atoms with E-state index in [1.54, 1.807) is 11.3 Å². The molecule has 0 saturated carbocycles. The Hall–Kier alpha value is -1.52. The number of hydrogen-bond donors (Lipinski definition) is 0. The summed E-state index contributed by atoms with van der Waals surface area (Å²) in [6, 6.07) is 11.8. The van der Waals surface area contributed by atoms with Crippen LogP contribution in [-0.4, -0.2) is 12.9 Å². The van der Waals surface area contributed by atoms with Crippen molar-refractivity contribution in [3.8, 4) is 11.5 Å². The first-order chi connectivity index (χ1) is 9.79. The normalized spacial score (nSPS) is 21.9. The molecule has 3 nitrogen and oxygen atoms in total. The standard InChI is InChI=1S/C16H18O3S/c1-12-8-16(18-10-12)19-14-5-2-4-13(9-14)17-11-15-6-3-7-20-15/h2-7,9,12,16H,8,10-11H2,1H3/t12-,16?/m1/s1. The van der Waals surface area contributed by atoms with Crippen molar-refractivity contribution >= 4 is 11.3 Å². The van der Waals surface area contributed by atoms with Crippen LogP contribution in [0.2, 0.25) is 0 Å².